The van der Waals surface area contributed by atoms with Crippen LogP contribution < -0.4 is 9.47 Å². The van der Waals surface area contributed by atoms with Crippen molar-refractivity contribution >= 4 is 5.97 Å². The van der Waals surface area contributed by atoms with E-state index in [2.05, 4.69) is 10.1 Å². The van der Waals surface area contributed by atoms with Crippen LogP contribution in [0.1, 0.15) is 18.4 Å². The van der Waals surface area contributed by atoms with Crippen molar-refractivity contribution in [1.82, 2.24) is 10.1 Å². The Kier molecular flexibility index (Phi) is 6.04. The summed E-state index contributed by atoms with van der Waals surface area (Å²) in [6.07, 6.45) is 0. The Morgan fingerprint density at radius 3 is 2.33 bits per heavy atom. The summed E-state index contributed by atoms with van der Waals surface area (Å²) in [4.78, 5) is 16.0. The number of hydrogen-bond acceptors (Lipinski definition) is 7. The van der Waals surface area contributed by atoms with Crippen molar-refractivity contribution in [3.8, 4) is 22.9 Å². The van der Waals surface area contributed by atoms with Crippen molar-refractivity contribution in [2.24, 2.45) is 0 Å². The maximum atomic E-state index is 11.8. The Hall–Kier alpha value is -3.35. The molecule has 0 spiro atoms. The van der Waals surface area contributed by atoms with Crippen molar-refractivity contribution in [1.29, 1.82) is 0 Å². The Balaban J connectivity index is 1.46. The number of esters is 1. The topological polar surface area (TPSA) is 83.7 Å². The van der Waals surface area contributed by atoms with Crippen LogP contribution in [0.15, 0.2) is 53.1 Å². The fourth-order valence-corrected chi connectivity index (χ4v) is 2.26. The number of aromatic nitrogens is 2. The molecule has 140 valence electrons. The number of rotatable bonds is 8. The minimum Gasteiger partial charge on any atom is -0.494 e. The summed E-state index contributed by atoms with van der Waals surface area (Å²) < 4.78 is 20.9. The van der Waals surface area contributed by atoms with E-state index in [1.54, 1.807) is 24.3 Å². The molecule has 3 rings (SSSR count). The second kappa shape index (κ2) is 8.84. The molecule has 0 N–H and O–H groups in total. The minimum absolute atomic E-state index is 0.107. The van der Waals surface area contributed by atoms with Gasteiger partial charge in [-0.15, -0.1) is 0 Å². The van der Waals surface area contributed by atoms with E-state index in [0.717, 1.165) is 16.9 Å². The van der Waals surface area contributed by atoms with Gasteiger partial charge in [0.15, 0.2) is 13.2 Å². The number of carbonyl (C=O) groups excluding carboxylic acids is 1. The van der Waals surface area contributed by atoms with Crippen molar-refractivity contribution in [2.75, 3.05) is 13.2 Å². The average Bonchev–Trinajstić information content (AvgIpc) is 3.16. The largest absolute Gasteiger partial charge is 0.494 e. The highest BCUT2D eigenvalue weighted by Crippen LogP contribution is 2.18. The molecule has 0 atom stereocenters. The Morgan fingerprint density at radius 2 is 1.67 bits per heavy atom. The van der Waals surface area contributed by atoms with Crippen molar-refractivity contribution in [2.45, 2.75) is 20.5 Å². The highest BCUT2D eigenvalue weighted by Gasteiger charge is 2.11. The zero-order chi connectivity index (χ0) is 19.1. The first-order chi connectivity index (χ1) is 13.1. The number of ether oxygens (including phenoxy) is 3. The van der Waals surface area contributed by atoms with E-state index in [4.69, 9.17) is 18.7 Å². The van der Waals surface area contributed by atoms with Crippen LogP contribution in [0, 0.1) is 6.92 Å². The Labute approximate surface area is 156 Å². The lowest BCUT2D eigenvalue weighted by molar-refractivity contribution is -0.148. The lowest BCUT2D eigenvalue weighted by Crippen LogP contribution is -2.14. The van der Waals surface area contributed by atoms with Gasteiger partial charge in [-0.25, -0.2) is 4.79 Å². The van der Waals surface area contributed by atoms with Gasteiger partial charge in [0.05, 0.1) is 6.61 Å². The molecule has 1 aromatic heterocycles. The third-order valence-electron chi connectivity index (χ3n) is 3.63. The van der Waals surface area contributed by atoms with E-state index >= 15 is 0 Å². The van der Waals surface area contributed by atoms with Crippen LogP contribution in [0.2, 0.25) is 0 Å². The molecule has 7 heteroatoms. The normalized spacial score (nSPS) is 10.4. The molecule has 0 aliphatic rings. The van der Waals surface area contributed by atoms with E-state index in [1.807, 2.05) is 38.1 Å². The maximum Gasteiger partial charge on any atom is 0.344 e. The predicted octanol–water partition coefficient (Wildman–Crippen LogP) is 3.57. The summed E-state index contributed by atoms with van der Waals surface area (Å²) >= 11 is 0. The SMILES string of the molecule is CCOc1ccc(OCC(=O)OCc2nc(-c3ccc(C)cc3)no2)cc1. The van der Waals surface area contributed by atoms with Gasteiger partial charge in [-0.05, 0) is 38.1 Å². The van der Waals surface area contributed by atoms with Gasteiger partial charge in [0.2, 0.25) is 5.82 Å². The number of benzene rings is 2. The molecular weight excluding hydrogens is 348 g/mol. The van der Waals surface area contributed by atoms with Crippen LogP contribution in [-0.4, -0.2) is 29.3 Å². The number of nitrogens with zero attached hydrogens (tertiary/aromatic N) is 2. The monoisotopic (exact) mass is 368 g/mol. The van der Waals surface area contributed by atoms with Gasteiger partial charge < -0.3 is 18.7 Å². The molecule has 0 amide bonds. The predicted molar refractivity (Wildman–Crippen MR) is 97.4 cm³/mol. The second-order valence-electron chi connectivity index (χ2n) is 5.73. The summed E-state index contributed by atoms with van der Waals surface area (Å²) in [6, 6.07) is 14.7. The minimum atomic E-state index is -0.529. The van der Waals surface area contributed by atoms with Gasteiger partial charge in [0, 0.05) is 5.56 Å². The van der Waals surface area contributed by atoms with Crippen molar-refractivity contribution in [3.05, 3.63) is 60.0 Å². The Morgan fingerprint density at radius 1 is 1.00 bits per heavy atom. The number of carbonyl (C=O) groups is 1. The van der Waals surface area contributed by atoms with E-state index < -0.39 is 5.97 Å². The van der Waals surface area contributed by atoms with Crippen LogP contribution in [0.5, 0.6) is 11.5 Å². The second-order valence-corrected chi connectivity index (χ2v) is 5.73. The van der Waals surface area contributed by atoms with Gasteiger partial charge in [0.25, 0.3) is 5.89 Å². The lowest BCUT2D eigenvalue weighted by atomic mass is 10.1. The van der Waals surface area contributed by atoms with Crippen LogP contribution >= 0.6 is 0 Å². The smallest absolute Gasteiger partial charge is 0.344 e. The van der Waals surface area contributed by atoms with Gasteiger partial charge in [-0.2, -0.15) is 4.98 Å². The quantitative estimate of drug-likeness (QED) is 0.562. The van der Waals surface area contributed by atoms with Gasteiger partial charge in [0.1, 0.15) is 11.5 Å². The maximum absolute atomic E-state index is 11.8. The molecule has 0 saturated carbocycles. The third kappa shape index (κ3) is 5.31. The van der Waals surface area contributed by atoms with E-state index in [9.17, 15) is 4.79 Å². The molecular formula is C20H20N2O5. The van der Waals surface area contributed by atoms with E-state index in [0.29, 0.717) is 18.2 Å². The summed E-state index contributed by atoms with van der Waals surface area (Å²) in [5.74, 6) is 1.44. The highest BCUT2D eigenvalue weighted by molar-refractivity contribution is 5.71. The van der Waals surface area contributed by atoms with Crippen molar-refractivity contribution < 1.29 is 23.5 Å². The molecule has 2 aromatic carbocycles. The molecule has 7 nitrogen and oxygen atoms in total. The van der Waals surface area contributed by atoms with Crippen LogP contribution in [0.25, 0.3) is 11.4 Å². The highest BCUT2D eigenvalue weighted by atomic mass is 16.6. The lowest BCUT2D eigenvalue weighted by Gasteiger charge is -2.07. The number of hydrogen-bond donors (Lipinski definition) is 0. The molecule has 3 aromatic rings. The third-order valence-corrected chi connectivity index (χ3v) is 3.63. The molecule has 0 radical (unpaired) electrons. The van der Waals surface area contributed by atoms with Crippen molar-refractivity contribution in [3.63, 3.8) is 0 Å². The first kappa shape index (κ1) is 18.4. The van der Waals surface area contributed by atoms with E-state index in [-0.39, 0.29) is 19.1 Å². The summed E-state index contributed by atoms with van der Waals surface area (Å²) in [6.45, 7) is 4.18. The summed E-state index contributed by atoms with van der Waals surface area (Å²) in [5.41, 5.74) is 1.98. The summed E-state index contributed by atoms with van der Waals surface area (Å²) in [7, 11) is 0. The molecule has 0 bridgehead atoms. The average molecular weight is 368 g/mol. The molecule has 0 aliphatic heterocycles. The standard InChI is InChI=1S/C20H20N2O5/c1-3-24-16-8-10-17(11-9-16)25-13-19(23)26-12-18-21-20(22-27-18)15-6-4-14(2)5-7-15/h4-11H,3,12-13H2,1-2H3. The number of aryl methyl sites for hydroxylation is 1. The van der Waals surface area contributed by atoms with E-state index in [1.165, 1.54) is 0 Å². The fraction of sp³-hybridized carbons (Fsp3) is 0.250. The zero-order valence-electron chi connectivity index (χ0n) is 15.2. The molecule has 27 heavy (non-hydrogen) atoms. The molecule has 0 saturated heterocycles. The first-order valence-corrected chi connectivity index (χ1v) is 8.55. The van der Waals surface area contributed by atoms with Crippen LogP contribution in [0.3, 0.4) is 0 Å². The zero-order valence-corrected chi connectivity index (χ0v) is 15.2. The molecule has 1 heterocycles. The van der Waals surface area contributed by atoms with Gasteiger partial charge in [-0.3, -0.25) is 0 Å². The Bertz CT molecular complexity index is 872. The summed E-state index contributed by atoms with van der Waals surface area (Å²) in [5, 5.41) is 3.89. The van der Waals surface area contributed by atoms with Crippen LogP contribution in [0.4, 0.5) is 0 Å². The molecule has 0 aliphatic carbocycles. The van der Waals surface area contributed by atoms with Gasteiger partial charge in [-0.1, -0.05) is 35.0 Å². The first-order valence-electron chi connectivity index (χ1n) is 8.55. The fourth-order valence-electron chi connectivity index (χ4n) is 2.26. The van der Waals surface area contributed by atoms with Crippen LogP contribution in [-0.2, 0) is 16.1 Å². The van der Waals surface area contributed by atoms with Gasteiger partial charge >= 0.3 is 5.97 Å². The molecule has 0 fully saturated rings. The molecule has 0 unspecified atom stereocenters.